The quantitative estimate of drug-likeness (QED) is 0.288. The molecule has 0 atom stereocenters. The van der Waals surface area contributed by atoms with E-state index in [0.29, 0.717) is 11.3 Å². The summed E-state index contributed by atoms with van der Waals surface area (Å²) in [7, 11) is 1.33. The number of aliphatic imine (C=N–C) groups is 1. The Balaban J connectivity index is 5.17. The van der Waals surface area contributed by atoms with Gasteiger partial charge in [-0.3, -0.25) is 4.99 Å². The minimum absolute atomic E-state index is 0.129. The number of ether oxygens (including phenoxy) is 1. The van der Waals surface area contributed by atoms with Crippen molar-refractivity contribution in [2.24, 2.45) is 10.9 Å². The lowest BCUT2D eigenvalue weighted by Crippen LogP contribution is -2.08. The lowest BCUT2D eigenvalue weighted by Gasteiger charge is -2.09. The van der Waals surface area contributed by atoms with Crippen LogP contribution in [0.25, 0.3) is 0 Å². The molecule has 13 heavy (non-hydrogen) atoms. The summed E-state index contributed by atoms with van der Waals surface area (Å²) in [6.07, 6.45) is 1.44. The molecule has 0 fully saturated rings. The Morgan fingerprint density at radius 1 is 1.54 bits per heavy atom. The van der Waals surface area contributed by atoms with Crippen LogP contribution in [-0.4, -0.2) is 19.8 Å². The van der Waals surface area contributed by atoms with Crippen molar-refractivity contribution in [3.8, 4) is 0 Å². The normalized spacial score (nSPS) is 12.0. The van der Waals surface area contributed by atoms with Crippen LogP contribution in [-0.2, 0) is 9.53 Å². The number of methoxy groups -OCH3 is 1. The molecule has 0 spiro atoms. The molecule has 0 aliphatic rings. The van der Waals surface area contributed by atoms with Crippen molar-refractivity contribution >= 4 is 12.7 Å². The molecule has 0 bridgehead atoms. The second-order valence-electron chi connectivity index (χ2n) is 2.81. The van der Waals surface area contributed by atoms with Crippen LogP contribution in [0.2, 0.25) is 0 Å². The van der Waals surface area contributed by atoms with Gasteiger partial charge in [0.25, 0.3) is 0 Å². The number of hydrogen-bond donors (Lipinski definition) is 0. The van der Waals surface area contributed by atoms with Gasteiger partial charge in [0.05, 0.1) is 18.4 Å². The van der Waals surface area contributed by atoms with E-state index < -0.39 is 5.97 Å². The molecular weight excluding hydrogens is 166 g/mol. The van der Waals surface area contributed by atoms with Gasteiger partial charge < -0.3 is 4.74 Å². The maximum Gasteiger partial charge on any atom is 0.339 e. The predicted octanol–water partition coefficient (Wildman–Crippen LogP) is 1.96. The smallest absolute Gasteiger partial charge is 0.339 e. The fourth-order valence-corrected chi connectivity index (χ4v) is 0.981. The second kappa shape index (κ2) is 5.30. The number of rotatable bonds is 4. The van der Waals surface area contributed by atoms with Gasteiger partial charge in [-0.25, -0.2) is 4.79 Å². The van der Waals surface area contributed by atoms with Gasteiger partial charge in [0.2, 0.25) is 0 Å². The third kappa shape index (κ3) is 2.86. The van der Waals surface area contributed by atoms with Crippen LogP contribution < -0.4 is 0 Å². The third-order valence-electron chi connectivity index (χ3n) is 1.60. The molecule has 0 unspecified atom stereocenters. The molecule has 0 aromatic rings. The van der Waals surface area contributed by atoms with E-state index >= 15 is 0 Å². The first-order valence-corrected chi connectivity index (χ1v) is 4.00. The van der Waals surface area contributed by atoms with Crippen LogP contribution in [0.3, 0.4) is 0 Å². The van der Waals surface area contributed by atoms with Gasteiger partial charge in [0.15, 0.2) is 0 Å². The van der Waals surface area contributed by atoms with Gasteiger partial charge in [0, 0.05) is 0 Å². The van der Waals surface area contributed by atoms with Crippen LogP contribution in [0.15, 0.2) is 28.9 Å². The summed E-state index contributed by atoms with van der Waals surface area (Å²) in [4.78, 5) is 15.0. The Labute approximate surface area is 78.8 Å². The summed E-state index contributed by atoms with van der Waals surface area (Å²) in [6.45, 7) is 10.8. The fraction of sp³-hybridized carbons (Fsp3) is 0.400. The second-order valence-corrected chi connectivity index (χ2v) is 2.81. The first-order chi connectivity index (χ1) is 6.08. The molecule has 0 heterocycles. The number of nitrogens with zero attached hydrogens (tertiary/aromatic N) is 1. The Hall–Kier alpha value is -1.38. The SMILES string of the molecule is C=C/C(C(=O)OC)=C(\N=C)C(C)C. The molecular formula is C10H15NO2. The van der Waals surface area contributed by atoms with E-state index in [0.717, 1.165) is 0 Å². The number of allylic oxidation sites excluding steroid dienone is 1. The Morgan fingerprint density at radius 2 is 2.08 bits per heavy atom. The minimum atomic E-state index is -0.425. The molecule has 0 aromatic heterocycles. The Bertz CT molecular complexity index is 252. The molecule has 72 valence electrons. The van der Waals surface area contributed by atoms with Crippen LogP contribution >= 0.6 is 0 Å². The molecule has 0 radical (unpaired) electrons. The number of esters is 1. The lowest BCUT2D eigenvalue weighted by atomic mass is 10.0. The molecule has 3 heteroatoms. The average Bonchev–Trinajstić information content (AvgIpc) is 2.12. The van der Waals surface area contributed by atoms with Crippen molar-refractivity contribution in [3.05, 3.63) is 23.9 Å². The Kier molecular flexibility index (Phi) is 4.74. The van der Waals surface area contributed by atoms with E-state index in [1.807, 2.05) is 13.8 Å². The average molecular weight is 181 g/mol. The van der Waals surface area contributed by atoms with Crippen molar-refractivity contribution < 1.29 is 9.53 Å². The molecule has 0 N–H and O–H groups in total. The topological polar surface area (TPSA) is 38.7 Å². The lowest BCUT2D eigenvalue weighted by molar-refractivity contribution is -0.135. The fourth-order valence-electron chi connectivity index (χ4n) is 0.981. The summed E-state index contributed by atoms with van der Waals surface area (Å²) in [6, 6.07) is 0. The molecule has 0 aliphatic heterocycles. The zero-order valence-electron chi connectivity index (χ0n) is 8.33. The first-order valence-electron chi connectivity index (χ1n) is 4.00. The Morgan fingerprint density at radius 3 is 2.31 bits per heavy atom. The van der Waals surface area contributed by atoms with Gasteiger partial charge in [-0.2, -0.15) is 0 Å². The first kappa shape index (κ1) is 11.6. The van der Waals surface area contributed by atoms with Crippen molar-refractivity contribution in [1.82, 2.24) is 0 Å². The van der Waals surface area contributed by atoms with Crippen molar-refractivity contribution in [2.45, 2.75) is 13.8 Å². The van der Waals surface area contributed by atoms with Crippen LogP contribution in [0.1, 0.15) is 13.8 Å². The van der Waals surface area contributed by atoms with Gasteiger partial charge in [0.1, 0.15) is 0 Å². The van der Waals surface area contributed by atoms with Crippen molar-refractivity contribution in [1.29, 1.82) is 0 Å². The molecule has 0 amide bonds. The number of carbonyl (C=O) groups is 1. The van der Waals surface area contributed by atoms with Crippen molar-refractivity contribution in [3.63, 3.8) is 0 Å². The maximum absolute atomic E-state index is 11.2. The van der Waals surface area contributed by atoms with Gasteiger partial charge in [-0.05, 0) is 12.6 Å². The molecule has 0 aromatic carbocycles. The molecule has 3 nitrogen and oxygen atoms in total. The van der Waals surface area contributed by atoms with E-state index in [9.17, 15) is 4.79 Å². The van der Waals surface area contributed by atoms with E-state index in [4.69, 9.17) is 0 Å². The standard InChI is InChI=1S/C10H15NO2/c1-6-8(10(12)13-5)9(11-4)7(2)3/h6-7H,1,4H2,2-3,5H3/b9-8+. The predicted molar refractivity (Wildman–Crippen MR) is 53.6 cm³/mol. The summed E-state index contributed by atoms with van der Waals surface area (Å²) in [5, 5.41) is 0. The van der Waals surface area contributed by atoms with E-state index in [1.165, 1.54) is 13.2 Å². The van der Waals surface area contributed by atoms with Gasteiger partial charge >= 0.3 is 5.97 Å². The summed E-state index contributed by atoms with van der Waals surface area (Å²) in [5.74, 6) is -0.296. The molecule has 0 rings (SSSR count). The number of carbonyl (C=O) groups excluding carboxylic acids is 1. The molecule has 0 saturated heterocycles. The van der Waals surface area contributed by atoms with E-state index in [-0.39, 0.29) is 5.92 Å². The van der Waals surface area contributed by atoms with Crippen molar-refractivity contribution in [2.75, 3.05) is 7.11 Å². The summed E-state index contributed by atoms with van der Waals surface area (Å²) < 4.78 is 4.58. The monoisotopic (exact) mass is 181 g/mol. The molecule has 0 saturated carbocycles. The van der Waals surface area contributed by atoms with E-state index in [2.05, 4.69) is 23.0 Å². The highest BCUT2D eigenvalue weighted by Gasteiger charge is 2.14. The van der Waals surface area contributed by atoms with Crippen LogP contribution in [0, 0.1) is 5.92 Å². The minimum Gasteiger partial charge on any atom is -0.465 e. The zero-order chi connectivity index (χ0) is 10.4. The number of hydrogen-bond acceptors (Lipinski definition) is 3. The van der Waals surface area contributed by atoms with Gasteiger partial charge in [-0.1, -0.05) is 26.5 Å². The largest absolute Gasteiger partial charge is 0.465 e. The zero-order valence-corrected chi connectivity index (χ0v) is 8.33. The van der Waals surface area contributed by atoms with Gasteiger partial charge in [-0.15, -0.1) is 0 Å². The van der Waals surface area contributed by atoms with Crippen LogP contribution in [0.4, 0.5) is 0 Å². The van der Waals surface area contributed by atoms with Crippen LogP contribution in [0.5, 0.6) is 0 Å². The third-order valence-corrected chi connectivity index (χ3v) is 1.60. The maximum atomic E-state index is 11.2. The van der Waals surface area contributed by atoms with E-state index in [1.54, 1.807) is 0 Å². The summed E-state index contributed by atoms with van der Waals surface area (Å²) in [5.41, 5.74) is 0.995. The summed E-state index contributed by atoms with van der Waals surface area (Å²) >= 11 is 0. The highest BCUT2D eigenvalue weighted by atomic mass is 16.5. The highest BCUT2D eigenvalue weighted by Crippen LogP contribution is 2.17. The molecule has 0 aliphatic carbocycles. The highest BCUT2D eigenvalue weighted by molar-refractivity contribution is 5.92.